The van der Waals surface area contributed by atoms with Crippen molar-refractivity contribution in [3.63, 3.8) is 0 Å². The number of aliphatic carboxylic acids is 1. The topological polar surface area (TPSA) is 88.7 Å². The van der Waals surface area contributed by atoms with Gasteiger partial charge in [0.25, 0.3) is 0 Å². The molecule has 1 unspecified atom stereocenters. The van der Waals surface area contributed by atoms with Crippen LogP contribution in [0.3, 0.4) is 0 Å². The molecule has 0 spiro atoms. The summed E-state index contributed by atoms with van der Waals surface area (Å²) in [5.41, 5.74) is 3.03. The Hall–Kier alpha value is -3.32. The molecule has 1 amide bonds. The molecule has 3 aromatic rings. The standard InChI is InChI=1S/C23H26N4O3/c28-22(16-26-10-12-27(13-11-26)18-6-2-1-3-7-18)25-21(23(29)30)14-17-15-24-20-9-5-4-8-19(17)20/h1-9,15,21,24H,10-14,16H2,(H,25,28)(H,29,30). The number of hydrogen-bond donors (Lipinski definition) is 3. The molecule has 156 valence electrons. The van der Waals surface area contributed by atoms with E-state index >= 15 is 0 Å². The van der Waals surface area contributed by atoms with E-state index in [0.29, 0.717) is 0 Å². The van der Waals surface area contributed by atoms with Gasteiger partial charge < -0.3 is 20.3 Å². The van der Waals surface area contributed by atoms with Gasteiger partial charge in [0.1, 0.15) is 6.04 Å². The number of piperazine rings is 1. The normalized spacial score (nSPS) is 15.8. The average molecular weight is 406 g/mol. The molecular formula is C23H26N4O3. The summed E-state index contributed by atoms with van der Waals surface area (Å²) in [6.07, 6.45) is 2.06. The maximum absolute atomic E-state index is 12.5. The minimum absolute atomic E-state index is 0.209. The summed E-state index contributed by atoms with van der Waals surface area (Å²) >= 11 is 0. The van der Waals surface area contributed by atoms with E-state index in [0.717, 1.165) is 42.6 Å². The molecular weight excluding hydrogens is 380 g/mol. The molecule has 3 N–H and O–H groups in total. The number of para-hydroxylation sites is 2. The fourth-order valence-electron chi connectivity index (χ4n) is 3.97. The van der Waals surface area contributed by atoms with Crippen LogP contribution in [0, 0.1) is 0 Å². The number of amides is 1. The van der Waals surface area contributed by atoms with Crippen LogP contribution in [0.25, 0.3) is 10.9 Å². The number of rotatable bonds is 7. The number of carboxylic acids is 1. The number of benzene rings is 2. The third-order valence-corrected chi connectivity index (χ3v) is 5.59. The first kappa shape index (κ1) is 20.0. The lowest BCUT2D eigenvalue weighted by molar-refractivity contribution is -0.141. The zero-order chi connectivity index (χ0) is 20.9. The Morgan fingerprint density at radius 3 is 2.43 bits per heavy atom. The van der Waals surface area contributed by atoms with Gasteiger partial charge in [-0.25, -0.2) is 4.79 Å². The fourth-order valence-corrected chi connectivity index (χ4v) is 3.97. The van der Waals surface area contributed by atoms with Crippen LogP contribution in [0.2, 0.25) is 0 Å². The van der Waals surface area contributed by atoms with Gasteiger partial charge in [0.2, 0.25) is 5.91 Å². The molecule has 1 aliphatic heterocycles. The molecule has 1 saturated heterocycles. The van der Waals surface area contributed by atoms with Gasteiger partial charge >= 0.3 is 5.97 Å². The highest BCUT2D eigenvalue weighted by Gasteiger charge is 2.24. The Labute approximate surface area is 175 Å². The summed E-state index contributed by atoms with van der Waals surface area (Å²) in [4.78, 5) is 31.8. The second-order valence-electron chi connectivity index (χ2n) is 7.62. The number of carbonyl (C=O) groups excluding carboxylic acids is 1. The van der Waals surface area contributed by atoms with Gasteiger partial charge in [-0.2, -0.15) is 0 Å². The van der Waals surface area contributed by atoms with Crippen molar-refractivity contribution in [1.82, 2.24) is 15.2 Å². The second-order valence-corrected chi connectivity index (χ2v) is 7.62. The highest BCUT2D eigenvalue weighted by molar-refractivity contribution is 5.87. The predicted octanol–water partition coefficient (Wildman–Crippen LogP) is 2.10. The highest BCUT2D eigenvalue weighted by Crippen LogP contribution is 2.19. The molecule has 2 aromatic carbocycles. The van der Waals surface area contributed by atoms with Crippen LogP contribution >= 0.6 is 0 Å². The largest absolute Gasteiger partial charge is 0.480 e. The molecule has 1 atom stereocenters. The van der Waals surface area contributed by atoms with Crippen molar-refractivity contribution in [3.8, 4) is 0 Å². The molecule has 4 rings (SSSR count). The molecule has 1 aromatic heterocycles. The van der Waals surface area contributed by atoms with Crippen molar-refractivity contribution in [2.45, 2.75) is 12.5 Å². The third-order valence-electron chi connectivity index (χ3n) is 5.59. The number of hydrogen-bond acceptors (Lipinski definition) is 4. The highest BCUT2D eigenvalue weighted by atomic mass is 16.4. The van der Waals surface area contributed by atoms with Gasteiger partial charge in [-0.05, 0) is 23.8 Å². The lowest BCUT2D eigenvalue weighted by Gasteiger charge is -2.35. The number of anilines is 1. The van der Waals surface area contributed by atoms with Crippen LogP contribution in [0.15, 0.2) is 60.8 Å². The first-order chi connectivity index (χ1) is 14.6. The predicted molar refractivity (Wildman–Crippen MR) is 117 cm³/mol. The lowest BCUT2D eigenvalue weighted by Crippen LogP contribution is -2.51. The van der Waals surface area contributed by atoms with E-state index in [9.17, 15) is 14.7 Å². The van der Waals surface area contributed by atoms with Crippen molar-refractivity contribution < 1.29 is 14.7 Å². The molecule has 2 heterocycles. The number of nitrogens with one attached hydrogen (secondary N) is 2. The Kier molecular flexibility index (Phi) is 5.99. The number of carbonyl (C=O) groups is 2. The maximum Gasteiger partial charge on any atom is 0.326 e. The second kappa shape index (κ2) is 9.00. The molecule has 30 heavy (non-hydrogen) atoms. The van der Waals surface area contributed by atoms with E-state index in [1.54, 1.807) is 0 Å². The van der Waals surface area contributed by atoms with Crippen molar-refractivity contribution >= 4 is 28.5 Å². The Morgan fingerprint density at radius 2 is 1.70 bits per heavy atom. The zero-order valence-electron chi connectivity index (χ0n) is 16.8. The van der Waals surface area contributed by atoms with E-state index < -0.39 is 12.0 Å². The van der Waals surface area contributed by atoms with Gasteiger partial charge in [-0.15, -0.1) is 0 Å². The van der Waals surface area contributed by atoms with Crippen molar-refractivity contribution in [1.29, 1.82) is 0 Å². The minimum Gasteiger partial charge on any atom is -0.480 e. The van der Waals surface area contributed by atoms with Gasteiger partial charge in [0.15, 0.2) is 0 Å². The summed E-state index contributed by atoms with van der Waals surface area (Å²) in [6.45, 7) is 3.43. The molecule has 0 bridgehead atoms. The lowest BCUT2D eigenvalue weighted by atomic mass is 10.0. The number of aromatic amines is 1. The van der Waals surface area contributed by atoms with Crippen LogP contribution in [0.5, 0.6) is 0 Å². The van der Waals surface area contributed by atoms with Gasteiger partial charge in [-0.3, -0.25) is 9.69 Å². The van der Waals surface area contributed by atoms with Crippen LogP contribution in [0.1, 0.15) is 5.56 Å². The molecule has 0 aliphatic carbocycles. The number of fused-ring (bicyclic) bond motifs is 1. The number of H-pyrrole nitrogens is 1. The number of carboxylic acid groups (broad SMARTS) is 1. The molecule has 1 aliphatic rings. The molecule has 0 saturated carbocycles. The van der Waals surface area contributed by atoms with Gasteiger partial charge in [0, 0.05) is 55.4 Å². The van der Waals surface area contributed by atoms with Gasteiger partial charge in [-0.1, -0.05) is 36.4 Å². The van der Waals surface area contributed by atoms with E-state index in [4.69, 9.17) is 0 Å². The quantitative estimate of drug-likeness (QED) is 0.559. The van der Waals surface area contributed by atoms with Gasteiger partial charge in [0.05, 0.1) is 6.54 Å². The fraction of sp³-hybridized carbons (Fsp3) is 0.304. The van der Waals surface area contributed by atoms with Crippen LogP contribution in [-0.4, -0.2) is 65.6 Å². The molecule has 1 fully saturated rings. The number of nitrogens with zero attached hydrogens (tertiary/aromatic N) is 2. The maximum atomic E-state index is 12.5. The SMILES string of the molecule is O=C(CN1CCN(c2ccccc2)CC1)NC(Cc1c[nH]c2ccccc12)C(=O)O. The number of aromatic nitrogens is 1. The Morgan fingerprint density at radius 1 is 1.00 bits per heavy atom. The smallest absolute Gasteiger partial charge is 0.326 e. The summed E-state index contributed by atoms with van der Waals surface area (Å²) < 4.78 is 0. The van der Waals surface area contributed by atoms with E-state index in [-0.39, 0.29) is 18.9 Å². The zero-order valence-corrected chi connectivity index (χ0v) is 16.8. The molecule has 0 radical (unpaired) electrons. The van der Waals surface area contributed by atoms with E-state index in [1.807, 2.05) is 48.7 Å². The summed E-state index contributed by atoms with van der Waals surface area (Å²) in [7, 11) is 0. The molecule has 7 nitrogen and oxygen atoms in total. The van der Waals surface area contributed by atoms with Crippen molar-refractivity contribution in [2.75, 3.05) is 37.6 Å². The first-order valence-electron chi connectivity index (χ1n) is 10.2. The minimum atomic E-state index is -1.03. The van der Waals surface area contributed by atoms with Crippen LogP contribution in [0.4, 0.5) is 5.69 Å². The summed E-state index contributed by atoms with van der Waals surface area (Å²) in [6, 6.07) is 17.0. The van der Waals surface area contributed by atoms with E-state index in [2.05, 4.69) is 32.2 Å². The monoisotopic (exact) mass is 406 g/mol. The first-order valence-corrected chi connectivity index (χ1v) is 10.2. The van der Waals surface area contributed by atoms with Crippen LogP contribution in [-0.2, 0) is 16.0 Å². The summed E-state index contributed by atoms with van der Waals surface area (Å²) in [5.74, 6) is -1.28. The Bertz CT molecular complexity index is 1010. The van der Waals surface area contributed by atoms with Crippen molar-refractivity contribution in [3.05, 3.63) is 66.4 Å². The van der Waals surface area contributed by atoms with Crippen molar-refractivity contribution in [2.24, 2.45) is 0 Å². The average Bonchev–Trinajstić information content (AvgIpc) is 3.17. The van der Waals surface area contributed by atoms with Crippen LogP contribution < -0.4 is 10.2 Å². The third kappa shape index (κ3) is 4.63. The molecule has 7 heteroatoms. The summed E-state index contributed by atoms with van der Waals surface area (Å²) in [5, 5.41) is 13.3. The van der Waals surface area contributed by atoms with E-state index in [1.165, 1.54) is 5.69 Å². The Balaban J connectivity index is 1.31.